The van der Waals surface area contributed by atoms with Crippen LogP contribution in [0.2, 0.25) is 0 Å². The van der Waals surface area contributed by atoms with E-state index in [2.05, 4.69) is 23.1 Å². The highest BCUT2D eigenvalue weighted by molar-refractivity contribution is 5.99. The second-order valence-corrected chi connectivity index (χ2v) is 10.8. The average Bonchev–Trinajstić information content (AvgIpc) is 2.92. The molecule has 0 aliphatic carbocycles. The first-order valence-electron chi connectivity index (χ1n) is 13.2. The predicted molar refractivity (Wildman–Crippen MR) is 154 cm³/mol. The Balaban J connectivity index is 1.71. The third-order valence-corrected chi connectivity index (χ3v) is 6.06. The molecule has 11 heteroatoms. The van der Waals surface area contributed by atoms with Crippen molar-refractivity contribution in [3.05, 3.63) is 70.8 Å². The lowest BCUT2D eigenvalue weighted by Gasteiger charge is -2.32. The summed E-state index contributed by atoms with van der Waals surface area (Å²) < 4.78 is 10.9. The minimum absolute atomic E-state index is 0.0798. The van der Waals surface area contributed by atoms with Gasteiger partial charge in [0.05, 0.1) is 18.3 Å². The van der Waals surface area contributed by atoms with Crippen molar-refractivity contribution in [1.82, 2.24) is 10.2 Å². The van der Waals surface area contributed by atoms with Gasteiger partial charge in [0.1, 0.15) is 23.5 Å². The number of alkyl carbamates (subject to hydrolysis) is 1. The fourth-order valence-corrected chi connectivity index (χ4v) is 4.25. The number of benzene rings is 2. The number of ether oxygens (including phenoxy) is 2. The molecular weight excluding hydrogens is 526 g/mol. The maximum Gasteiger partial charge on any atom is 0.408 e. The first kappa shape index (κ1) is 31.0. The molecule has 1 atom stereocenters. The Labute approximate surface area is 240 Å². The smallest absolute Gasteiger partial charge is 0.408 e. The number of hydrogen-bond acceptors (Lipinski definition) is 8. The third-order valence-electron chi connectivity index (χ3n) is 6.06. The van der Waals surface area contributed by atoms with E-state index in [9.17, 15) is 20.0 Å². The van der Waals surface area contributed by atoms with E-state index in [4.69, 9.17) is 20.0 Å². The molecule has 3 rings (SSSR count). The lowest BCUT2D eigenvalue weighted by atomic mass is 9.93. The van der Waals surface area contributed by atoms with Gasteiger partial charge in [-0.2, -0.15) is 5.26 Å². The van der Waals surface area contributed by atoms with E-state index in [1.54, 1.807) is 49.9 Å². The quantitative estimate of drug-likeness (QED) is 0.181. The summed E-state index contributed by atoms with van der Waals surface area (Å²) in [5.74, 6) is 0.381. The van der Waals surface area contributed by atoms with Gasteiger partial charge in [-0.1, -0.05) is 29.9 Å². The molecule has 0 saturated heterocycles. The standard InChI is InChI=1S/C30H37N5O6/c1-18(2)39-26-11-10-20(14-22(26)15-31)19(3)41-34-27(32)24-9-7-8-21-16-35(13-12-23(21)24)28(37)25(17-36)33-29(38)40-30(4,5)6/h7-11,14,18,25,36H,3,12-13,16-17H2,1-2,4-6H3,(H2,32,34)(H,33,38)/t25-/m1/s1. The molecule has 0 aromatic heterocycles. The van der Waals surface area contributed by atoms with Gasteiger partial charge in [-0.25, -0.2) is 4.79 Å². The number of oxime groups is 1. The fourth-order valence-electron chi connectivity index (χ4n) is 4.25. The SMILES string of the molecule is C=C(O/N=C(\N)c1cccc2c1CCN(C(=O)[C@@H](CO)NC(=O)OC(C)(C)C)C2)c1ccc(OC(C)C)c(C#N)c1. The Morgan fingerprint density at radius 1 is 1.27 bits per heavy atom. The second kappa shape index (κ2) is 13.2. The highest BCUT2D eigenvalue weighted by atomic mass is 16.6. The van der Waals surface area contributed by atoms with Gasteiger partial charge in [-0.15, -0.1) is 0 Å². The molecular formula is C30H37N5O6. The molecule has 41 heavy (non-hydrogen) atoms. The van der Waals surface area contributed by atoms with Crippen LogP contribution in [0.15, 0.2) is 48.1 Å². The van der Waals surface area contributed by atoms with Crippen LogP contribution in [-0.2, 0) is 27.3 Å². The number of hydrogen-bond donors (Lipinski definition) is 3. The predicted octanol–water partition coefficient (Wildman–Crippen LogP) is 3.42. The minimum Gasteiger partial charge on any atom is -0.490 e. The van der Waals surface area contributed by atoms with Crippen LogP contribution in [-0.4, -0.2) is 58.7 Å². The van der Waals surface area contributed by atoms with E-state index in [1.165, 1.54) is 0 Å². The Morgan fingerprint density at radius 2 is 2.00 bits per heavy atom. The van der Waals surface area contributed by atoms with E-state index >= 15 is 0 Å². The van der Waals surface area contributed by atoms with Gasteiger partial charge in [0.25, 0.3) is 0 Å². The van der Waals surface area contributed by atoms with E-state index in [-0.39, 0.29) is 24.2 Å². The normalized spacial score (nSPS) is 14.0. The van der Waals surface area contributed by atoms with E-state index < -0.39 is 30.3 Å². The molecule has 4 N–H and O–H groups in total. The van der Waals surface area contributed by atoms with Gasteiger partial charge in [0.2, 0.25) is 5.91 Å². The van der Waals surface area contributed by atoms with Crippen LogP contribution < -0.4 is 15.8 Å². The van der Waals surface area contributed by atoms with Crippen molar-refractivity contribution < 1.29 is 29.0 Å². The molecule has 0 spiro atoms. The molecule has 0 saturated carbocycles. The molecule has 0 fully saturated rings. The molecule has 0 bridgehead atoms. The number of aliphatic hydroxyl groups is 1. The van der Waals surface area contributed by atoms with E-state index in [1.807, 2.05) is 26.0 Å². The number of aliphatic hydroxyl groups excluding tert-OH is 1. The van der Waals surface area contributed by atoms with Crippen molar-refractivity contribution in [2.75, 3.05) is 13.2 Å². The van der Waals surface area contributed by atoms with Gasteiger partial charge < -0.3 is 35.4 Å². The van der Waals surface area contributed by atoms with Crippen molar-refractivity contribution in [3.63, 3.8) is 0 Å². The van der Waals surface area contributed by atoms with Crippen molar-refractivity contribution in [2.24, 2.45) is 10.9 Å². The van der Waals surface area contributed by atoms with Crippen LogP contribution in [0.4, 0.5) is 4.79 Å². The van der Waals surface area contributed by atoms with Crippen molar-refractivity contribution in [3.8, 4) is 11.8 Å². The van der Waals surface area contributed by atoms with Crippen LogP contribution in [0.3, 0.4) is 0 Å². The minimum atomic E-state index is -1.13. The zero-order valence-corrected chi connectivity index (χ0v) is 24.1. The molecule has 1 aliphatic heterocycles. The van der Waals surface area contributed by atoms with Gasteiger partial charge in [-0.05, 0) is 70.4 Å². The zero-order valence-electron chi connectivity index (χ0n) is 24.1. The largest absolute Gasteiger partial charge is 0.490 e. The summed E-state index contributed by atoms with van der Waals surface area (Å²) in [4.78, 5) is 32.3. The van der Waals surface area contributed by atoms with Gasteiger partial charge >= 0.3 is 6.09 Å². The highest BCUT2D eigenvalue weighted by Gasteiger charge is 2.30. The number of carbonyl (C=O) groups is 2. The summed E-state index contributed by atoms with van der Waals surface area (Å²) in [6.45, 7) is 12.8. The summed E-state index contributed by atoms with van der Waals surface area (Å²) in [6, 6.07) is 11.5. The number of nitrogens with one attached hydrogen (secondary N) is 1. The Morgan fingerprint density at radius 3 is 2.63 bits per heavy atom. The summed E-state index contributed by atoms with van der Waals surface area (Å²) in [6.07, 6.45) is -0.385. The fraction of sp³-hybridized carbons (Fsp3) is 0.400. The van der Waals surface area contributed by atoms with Gasteiger partial charge in [0, 0.05) is 24.2 Å². The van der Waals surface area contributed by atoms with Crippen molar-refractivity contribution in [1.29, 1.82) is 5.26 Å². The molecule has 0 radical (unpaired) electrons. The average molecular weight is 564 g/mol. The van der Waals surface area contributed by atoms with Crippen LogP contribution in [0.5, 0.6) is 5.75 Å². The molecule has 1 heterocycles. The summed E-state index contributed by atoms with van der Waals surface area (Å²) in [5.41, 5.74) is 8.87. The summed E-state index contributed by atoms with van der Waals surface area (Å²) in [7, 11) is 0. The highest BCUT2D eigenvalue weighted by Crippen LogP contribution is 2.26. The topological polar surface area (TPSA) is 160 Å². The number of rotatable bonds is 9. The number of nitrogens with zero attached hydrogens (tertiary/aromatic N) is 3. The van der Waals surface area contributed by atoms with Crippen LogP contribution in [0.1, 0.15) is 62.4 Å². The molecule has 218 valence electrons. The first-order valence-corrected chi connectivity index (χ1v) is 13.2. The molecule has 2 aromatic rings. The molecule has 2 amide bonds. The van der Waals surface area contributed by atoms with Crippen molar-refractivity contribution >= 4 is 23.6 Å². The van der Waals surface area contributed by atoms with Crippen molar-refractivity contribution in [2.45, 2.75) is 65.3 Å². The number of nitriles is 1. The van der Waals surface area contributed by atoms with Gasteiger partial charge in [0.15, 0.2) is 11.6 Å². The molecule has 2 aromatic carbocycles. The number of amides is 2. The Kier molecular flexibility index (Phi) is 9.97. The second-order valence-electron chi connectivity index (χ2n) is 10.8. The molecule has 11 nitrogen and oxygen atoms in total. The Bertz CT molecular complexity index is 1370. The maximum atomic E-state index is 13.1. The van der Waals surface area contributed by atoms with Crippen LogP contribution in [0.25, 0.3) is 5.76 Å². The number of amidine groups is 1. The zero-order chi connectivity index (χ0) is 30.3. The number of nitrogens with two attached hydrogens (primary N) is 1. The third kappa shape index (κ3) is 8.22. The lowest BCUT2D eigenvalue weighted by Crippen LogP contribution is -2.52. The lowest BCUT2D eigenvalue weighted by molar-refractivity contribution is -0.135. The Hall–Kier alpha value is -4.56. The number of fused-ring (bicyclic) bond motifs is 1. The first-order chi connectivity index (χ1) is 19.3. The summed E-state index contributed by atoms with van der Waals surface area (Å²) in [5, 5.41) is 25.8. The molecule has 1 aliphatic rings. The monoisotopic (exact) mass is 563 g/mol. The summed E-state index contributed by atoms with van der Waals surface area (Å²) >= 11 is 0. The number of carbonyl (C=O) groups excluding carboxylic acids is 2. The van der Waals surface area contributed by atoms with Gasteiger partial charge in [-0.3, -0.25) is 4.79 Å². The maximum absolute atomic E-state index is 13.1. The van der Waals surface area contributed by atoms with Crippen LogP contribution in [0, 0.1) is 11.3 Å². The van der Waals surface area contributed by atoms with E-state index in [0.29, 0.717) is 35.4 Å². The van der Waals surface area contributed by atoms with E-state index in [0.717, 1.165) is 11.1 Å². The molecule has 0 unspecified atom stereocenters. The van der Waals surface area contributed by atoms with Crippen LogP contribution >= 0.6 is 0 Å².